The average Bonchev–Trinajstić information content (AvgIpc) is 2.57. The summed E-state index contributed by atoms with van der Waals surface area (Å²) in [5.74, 6) is 0.168. The Labute approximate surface area is 127 Å². The second-order valence-corrected chi connectivity index (χ2v) is 6.08. The molecule has 0 spiro atoms. The molecule has 0 aliphatic carbocycles. The van der Waals surface area contributed by atoms with Crippen LogP contribution in [0.15, 0.2) is 24.3 Å². The van der Waals surface area contributed by atoms with Gasteiger partial charge in [-0.25, -0.2) is 0 Å². The van der Waals surface area contributed by atoms with E-state index >= 15 is 0 Å². The lowest BCUT2D eigenvalue weighted by molar-refractivity contribution is 0.0736. The van der Waals surface area contributed by atoms with Crippen molar-refractivity contribution < 1.29 is 4.79 Å². The van der Waals surface area contributed by atoms with Crippen LogP contribution in [0.3, 0.4) is 0 Å². The van der Waals surface area contributed by atoms with Crippen molar-refractivity contribution in [1.82, 2.24) is 15.1 Å². The zero-order valence-electron chi connectivity index (χ0n) is 12.7. The third-order valence-electron chi connectivity index (χ3n) is 4.46. The van der Waals surface area contributed by atoms with Crippen molar-refractivity contribution in [2.24, 2.45) is 0 Å². The van der Waals surface area contributed by atoms with Gasteiger partial charge < -0.3 is 10.2 Å². The van der Waals surface area contributed by atoms with Crippen LogP contribution < -0.4 is 5.32 Å². The van der Waals surface area contributed by atoms with Crippen LogP contribution in [0.4, 0.5) is 0 Å². The van der Waals surface area contributed by atoms with Gasteiger partial charge in [-0.3, -0.25) is 9.69 Å². The van der Waals surface area contributed by atoms with E-state index in [1.54, 1.807) is 0 Å². The van der Waals surface area contributed by atoms with Gasteiger partial charge in [0.2, 0.25) is 0 Å². The van der Waals surface area contributed by atoms with Crippen LogP contribution in [0.25, 0.3) is 0 Å². The van der Waals surface area contributed by atoms with Crippen LogP contribution in [-0.2, 0) is 6.54 Å². The number of rotatable bonds is 3. The number of benzene rings is 1. The first-order chi connectivity index (χ1) is 10.3. The second kappa shape index (κ2) is 7.05. The van der Waals surface area contributed by atoms with Crippen molar-refractivity contribution in [1.29, 1.82) is 0 Å². The molecule has 4 heteroatoms. The van der Waals surface area contributed by atoms with E-state index in [1.165, 1.54) is 37.9 Å². The highest BCUT2D eigenvalue weighted by atomic mass is 16.2. The molecule has 3 rings (SSSR count). The Morgan fingerprint density at radius 2 is 1.62 bits per heavy atom. The maximum atomic E-state index is 12.4. The van der Waals surface area contributed by atoms with Crippen molar-refractivity contribution in [2.45, 2.75) is 25.8 Å². The minimum atomic E-state index is 0.168. The fourth-order valence-corrected chi connectivity index (χ4v) is 3.18. The SMILES string of the molecule is O=C(c1ccc(CN2CCCCC2)cc1)N1CCNCC1. The third kappa shape index (κ3) is 3.83. The summed E-state index contributed by atoms with van der Waals surface area (Å²) >= 11 is 0. The van der Waals surface area contributed by atoms with Gasteiger partial charge >= 0.3 is 0 Å². The number of hydrogen-bond donors (Lipinski definition) is 1. The first-order valence-electron chi connectivity index (χ1n) is 8.14. The highest BCUT2D eigenvalue weighted by Crippen LogP contribution is 2.14. The summed E-state index contributed by atoms with van der Waals surface area (Å²) in [5, 5.41) is 3.28. The number of carbonyl (C=O) groups is 1. The van der Waals surface area contributed by atoms with Crippen molar-refractivity contribution in [3.63, 3.8) is 0 Å². The second-order valence-electron chi connectivity index (χ2n) is 6.08. The summed E-state index contributed by atoms with van der Waals surface area (Å²) in [4.78, 5) is 16.8. The molecule has 2 heterocycles. The summed E-state index contributed by atoms with van der Waals surface area (Å²) in [6.07, 6.45) is 4.01. The zero-order valence-corrected chi connectivity index (χ0v) is 12.7. The number of hydrogen-bond acceptors (Lipinski definition) is 3. The monoisotopic (exact) mass is 287 g/mol. The zero-order chi connectivity index (χ0) is 14.5. The molecule has 0 unspecified atom stereocenters. The molecule has 21 heavy (non-hydrogen) atoms. The van der Waals surface area contributed by atoms with E-state index < -0.39 is 0 Å². The number of nitrogens with zero attached hydrogens (tertiary/aromatic N) is 2. The van der Waals surface area contributed by atoms with Gasteiger partial charge in [0.25, 0.3) is 5.91 Å². The lowest BCUT2D eigenvalue weighted by atomic mass is 10.1. The number of carbonyl (C=O) groups excluding carboxylic acids is 1. The molecule has 2 fully saturated rings. The van der Waals surface area contributed by atoms with Gasteiger partial charge in [0.15, 0.2) is 0 Å². The van der Waals surface area contributed by atoms with Crippen LogP contribution in [0.5, 0.6) is 0 Å². The Balaban J connectivity index is 1.59. The van der Waals surface area contributed by atoms with Gasteiger partial charge in [-0.1, -0.05) is 18.6 Å². The Morgan fingerprint density at radius 3 is 2.29 bits per heavy atom. The summed E-state index contributed by atoms with van der Waals surface area (Å²) in [5.41, 5.74) is 2.13. The predicted molar refractivity (Wildman–Crippen MR) is 84.3 cm³/mol. The molecule has 0 saturated carbocycles. The standard InChI is InChI=1S/C17H25N3O/c21-17(20-12-8-18-9-13-20)16-6-4-15(5-7-16)14-19-10-2-1-3-11-19/h4-7,18H,1-3,8-14H2. The number of nitrogens with one attached hydrogen (secondary N) is 1. The Morgan fingerprint density at radius 1 is 0.952 bits per heavy atom. The minimum Gasteiger partial charge on any atom is -0.336 e. The predicted octanol–water partition coefficient (Wildman–Crippen LogP) is 1.72. The molecule has 4 nitrogen and oxygen atoms in total. The maximum Gasteiger partial charge on any atom is 0.253 e. The number of piperidine rings is 1. The lowest BCUT2D eigenvalue weighted by Gasteiger charge is -2.28. The summed E-state index contributed by atoms with van der Waals surface area (Å²) in [6, 6.07) is 8.21. The van der Waals surface area contributed by atoms with E-state index in [0.29, 0.717) is 0 Å². The van der Waals surface area contributed by atoms with Crippen molar-refractivity contribution >= 4 is 5.91 Å². The van der Waals surface area contributed by atoms with E-state index in [2.05, 4.69) is 22.3 Å². The highest BCUT2D eigenvalue weighted by molar-refractivity contribution is 5.94. The number of piperazine rings is 1. The van der Waals surface area contributed by atoms with E-state index in [4.69, 9.17) is 0 Å². The molecule has 2 aliphatic heterocycles. The molecule has 0 radical (unpaired) electrons. The molecule has 0 atom stereocenters. The molecular weight excluding hydrogens is 262 g/mol. The van der Waals surface area contributed by atoms with Gasteiger partial charge in [-0.05, 0) is 43.6 Å². The minimum absolute atomic E-state index is 0.168. The molecule has 1 aromatic carbocycles. The maximum absolute atomic E-state index is 12.4. The molecule has 0 bridgehead atoms. The Hall–Kier alpha value is -1.39. The molecular formula is C17H25N3O. The van der Waals surface area contributed by atoms with Crippen LogP contribution >= 0.6 is 0 Å². The summed E-state index contributed by atoms with van der Waals surface area (Å²) in [7, 11) is 0. The van der Waals surface area contributed by atoms with Crippen molar-refractivity contribution in [3.8, 4) is 0 Å². The quantitative estimate of drug-likeness (QED) is 0.919. The van der Waals surface area contributed by atoms with E-state index in [0.717, 1.165) is 38.3 Å². The van der Waals surface area contributed by atoms with E-state index in [1.807, 2.05) is 17.0 Å². The van der Waals surface area contributed by atoms with Gasteiger partial charge in [-0.15, -0.1) is 0 Å². The fourth-order valence-electron chi connectivity index (χ4n) is 3.18. The van der Waals surface area contributed by atoms with Gasteiger partial charge in [0.1, 0.15) is 0 Å². The normalized spacial score (nSPS) is 20.5. The first kappa shape index (κ1) is 14.5. The van der Waals surface area contributed by atoms with E-state index in [-0.39, 0.29) is 5.91 Å². The van der Waals surface area contributed by atoms with Crippen molar-refractivity contribution in [3.05, 3.63) is 35.4 Å². The molecule has 2 saturated heterocycles. The van der Waals surface area contributed by atoms with E-state index in [9.17, 15) is 4.79 Å². The highest BCUT2D eigenvalue weighted by Gasteiger charge is 2.18. The van der Waals surface area contributed by atoms with Crippen LogP contribution in [-0.4, -0.2) is 55.0 Å². The van der Waals surface area contributed by atoms with Crippen LogP contribution in [0.1, 0.15) is 35.2 Å². The third-order valence-corrected chi connectivity index (χ3v) is 4.46. The Bertz CT molecular complexity index is 459. The molecule has 2 aliphatic rings. The molecule has 1 aromatic rings. The fraction of sp³-hybridized carbons (Fsp3) is 0.588. The Kier molecular flexibility index (Phi) is 4.88. The lowest BCUT2D eigenvalue weighted by Crippen LogP contribution is -2.46. The number of amides is 1. The van der Waals surface area contributed by atoms with Gasteiger partial charge in [-0.2, -0.15) is 0 Å². The number of likely N-dealkylation sites (tertiary alicyclic amines) is 1. The average molecular weight is 287 g/mol. The first-order valence-corrected chi connectivity index (χ1v) is 8.14. The molecule has 114 valence electrons. The molecule has 1 amide bonds. The summed E-state index contributed by atoms with van der Waals surface area (Å²) in [6.45, 7) is 6.87. The van der Waals surface area contributed by atoms with Crippen LogP contribution in [0.2, 0.25) is 0 Å². The van der Waals surface area contributed by atoms with Crippen LogP contribution in [0, 0.1) is 0 Å². The largest absolute Gasteiger partial charge is 0.336 e. The smallest absolute Gasteiger partial charge is 0.253 e. The van der Waals surface area contributed by atoms with Gasteiger partial charge in [0, 0.05) is 38.3 Å². The topological polar surface area (TPSA) is 35.6 Å². The van der Waals surface area contributed by atoms with Crippen molar-refractivity contribution in [2.75, 3.05) is 39.3 Å². The molecule has 0 aromatic heterocycles. The molecule has 1 N–H and O–H groups in total. The van der Waals surface area contributed by atoms with Gasteiger partial charge in [0.05, 0.1) is 0 Å². The summed E-state index contributed by atoms with van der Waals surface area (Å²) < 4.78 is 0.